The van der Waals surface area contributed by atoms with Crippen molar-refractivity contribution in [2.24, 2.45) is 5.10 Å². The van der Waals surface area contributed by atoms with Crippen molar-refractivity contribution in [1.29, 1.82) is 0 Å². The number of amides is 1. The average molecular weight is 470 g/mol. The van der Waals surface area contributed by atoms with Crippen LogP contribution in [0.25, 0.3) is 0 Å². The van der Waals surface area contributed by atoms with Crippen LogP contribution < -0.4 is 5.43 Å². The number of hydrogen-bond donors (Lipinski definition) is 2. The highest BCUT2D eigenvalue weighted by Crippen LogP contribution is 2.30. The van der Waals surface area contributed by atoms with E-state index in [-0.39, 0.29) is 11.7 Å². The van der Waals surface area contributed by atoms with Crippen molar-refractivity contribution in [1.82, 2.24) is 5.43 Å². The second kappa shape index (κ2) is 9.70. The minimum atomic E-state index is -0.328. The van der Waals surface area contributed by atoms with Crippen LogP contribution in [-0.2, 0) is 11.3 Å². The number of aromatic hydroxyl groups is 1. The first-order valence-corrected chi connectivity index (χ1v) is 9.28. The maximum atomic E-state index is 12.1. The summed E-state index contributed by atoms with van der Waals surface area (Å²) in [6, 6.07) is 10.6. The molecule has 0 aliphatic heterocycles. The van der Waals surface area contributed by atoms with Crippen LogP contribution in [-0.4, -0.2) is 23.8 Å². The van der Waals surface area contributed by atoms with Crippen LogP contribution >= 0.6 is 31.9 Å². The topological polar surface area (TPSA) is 70.9 Å². The predicted molar refractivity (Wildman–Crippen MR) is 105 cm³/mol. The van der Waals surface area contributed by atoms with Crippen molar-refractivity contribution in [3.63, 3.8) is 0 Å². The van der Waals surface area contributed by atoms with Gasteiger partial charge in [-0.05, 0) is 52.2 Å². The SMILES string of the molecule is CCCOCc1ccc(C(=O)N/N=C/c2cc(Br)cc(Br)c2O)cc1. The van der Waals surface area contributed by atoms with E-state index < -0.39 is 0 Å². The first-order valence-electron chi connectivity index (χ1n) is 7.69. The highest BCUT2D eigenvalue weighted by molar-refractivity contribution is 9.11. The van der Waals surface area contributed by atoms with Crippen LogP contribution in [0.1, 0.15) is 34.8 Å². The van der Waals surface area contributed by atoms with Crippen molar-refractivity contribution >= 4 is 44.0 Å². The fourth-order valence-electron chi connectivity index (χ4n) is 2.00. The Bertz CT molecular complexity index is 762. The summed E-state index contributed by atoms with van der Waals surface area (Å²) in [6.45, 7) is 3.31. The first-order chi connectivity index (χ1) is 12.0. The lowest BCUT2D eigenvalue weighted by Gasteiger charge is -2.05. The number of phenolic OH excluding ortho intramolecular Hbond substituents is 1. The first kappa shape index (κ1) is 19.6. The number of hydrogen-bond acceptors (Lipinski definition) is 4. The van der Waals surface area contributed by atoms with Gasteiger partial charge in [0.25, 0.3) is 5.91 Å². The van der Waals surface area contributed by atoms with Gasteiger partial charge in [0.1, 0.15) is 5.75 Å². The number of hydrazone groups is 1. The van der Waals surface area contributed by atoms with E-state index in [0.717, 1.165) is 23.1 Å². The fourth-order valence-corrected chi connectivity index (χ4v) is 3.25. The maximum absolute atomic E-state index is 12.1. The molecule has 0 aliphatic carbocycles. The normalized spacial score (nSPS) is 11.0. The molecule has 0 bridgehead atoms. The van der Waals surface area contributed by atoms with E-state index in [4.69, 9.17) is 4.74 Å². The van der Waals surface area contributed by atoms with E-state index in [0.29, 0.717) is 22.2 Å². The molecule has 0 radical (unpaired) electrons. The Hall–Kier alpha value is -1.70. The summed E-state index contributed by atoms with van der Waals surface area (Å²) in [5.41, 5.74) is 4.43. The summed E-state index contributed by atoms with van der Waals surface area (Å²) in [6.07, 6.45) is 2.36. The lowest BCUT2D eigenvalue weighted by molar-refractivity contribution is 0.0954. The van der Waals surface area contributed by atoms with Crippen LogP contribution in [0, 0.1) is 0 Å². The number of benzene rings is 2. The Kier molecular flexibility index (Phi) is 7.61. The Morgan fingerprint density at radius 1 is 1.28 bits per heavy atom. The molecular weight excluding hydrogens is 452 g/mol. The number of carbonyl (C=O) groups excluding carboxylic acids is 1. The summed E-state index contributed by atoms with van der Waals surface area (Å²) in [5, 5.41) is 13.8. The third-order valence-electron chi connectivity index (χ3n) is 3.26. The number of rotatable bonds is 7. The molecule has 0 unspecified atom stereocenters. The van der Waals surface area contributed by atoms with Crippen LogP contribution in [0.2, 0.25) is 0 Å². The zero-order valence-electron chi connectivity index (χ0n) is 13.6. The maximum Gasteiger partial charge on any atom is 0.271 e. The fraction of sp³-hybridized carbons (Fsp3) is 0.222. The van der Waals surface area contributed by atoms with Gasteiger partial charge in [0.05, 0.1) is 17.3 Å². The van der Waals surface area contributed by atoms with Gasteiger partial charge in [0.15, 0.2) is 0 Å². The summed E-state index contributed by atoms with van der Waals surface area (Å²) in [7, 11) is 0. The Morgan fingerprint density at radius 2 is 2.00 bits per heavy atom. The molecule has 7 heteroatoms. The second-order valence-electron chi connectivity index (χ2n) is 5.27. The molecule has 0 fully saturated rings. The van der Waals surface area contributed by atoms with E-state index in [9.17, 15) is 9.90 Å². The molecule has 25 heavy (non-hydrogen) atoms. The van der Waals surface area contributed by atoms with Gasteiger partial charge >= 0.3 is 0 Å². The Balaban J connectivity index is 1.96. The van der Waals surface area contributed by atoms with Gasteiger partial charge in [0.2, 0.25) is 0 Å². The number of ether oxygens (including phenoxy) is 1. The lowest BCUT2D eigenvalue weighted by atomic mass is 10.1. The van der Waals surface area contributed by atoms with Gasteiger partial charge in [-0.15, -0.1) is 0 Å². The molecule has 2 rings (SSSR count). The lowest BCUT2D eigenvalue weighted by Crippen LogP contribution is -2.17. The molecule has 0 aliphatic rings. The molecule has 0 aromatic heterocycles. The zero-order valence-corrected chi connectivity index (χ0v) is 16.8. The number of nitrogens with one attached hydrogen (secondary N) is 1. The van der Waals surface area contributed by atoms with Gasteiger partial charge in [0, 0.05) is 22.2 Å². The van der Waals surface area contributed by atoms with E-state index >= 15 is 0 Å². The number of halogens is 2. The number of carbonyl (C=O) groups is 1. The van der Waals surface area contributed by atoms with Crippen LogP contribution in [0.5, 0.6) is 5.75 Å². The van der Waals surface area contributed by atoms with Crippen LogP contribution in [0.15, 0.2) is 50.4 Å². The highest BCUT2D eigenvalue weighted by Gasteiger charge is 2.07. The van der Waals surface area contributed by atoms with Crippen LogP contribution in [0.4, 0.5) is 0 Å². The smallest absolute Gasteiger partial charge is 0.271 e. The zero-order chi connectivity index (χ0) is 18.2. The molecule has 1 amide bonds. The van der Waals surface area contributed by atoms with E-state index in [1.807, 2.05) is 12.1 Å². The standard InChI is InChI=1S/C18H18Br2N2O3/c1-2-7-25-11-12-3-5-13(6-4-12)18(24)22-21-10-14-8-15(19)9-16(20)17(14)23/h3-6,8-10,23H,2,7,11H2,1H3,(H,22,24)/b21-10+. The van der Waals surface area contributed by atoms with Crippen molar-refractivity contribution in [3.05, 3.63) is 62.0 Å². The largest absolute Gasteiger partial charge is 0.506 e. The van der Waals surface area contributed by atoms with Gasteiger partial charge in [-0.1, -0.05) is 35.0 Å². The van der Waals surface area contributed by atoms with Crippen molar-refractivity contribution < 1.29 is 14.6 Å². The molecule has 0 saturated carbocycles. The minimum Gasteiger partial charge on any atom is -0.506 e. The molecule has 2 aromatic carbocycles. The highest BCUT2D eigenvalue weighted by atomic mass is 79.9. The monoisotopic (exact) mass is 468 g/mol. The van der Waals surface area contributed by atoms with Gasteiger partial charge in [-0.25, -0.2) is 5.43 Å². The third kappa shape index (κ3) is 5.95. The second-order valence-corrected chi connectivity index (χ2v) is 7.04. The average Bonchev–Trinajstić information content (AvgIpc) is 2.59. The summed E-state index contributed by atoms with van der Waals surface area (Å²) in [5.74, 6) is -0.275. The molecule has 0 heterocycles. The molecule has 132 valence electrons. The summed E-state index contributed by atoms with van der Waals surface area (Å²) < 4.78 is 6.78. The molecule has 2 N–H and O–H groups in total. The summed E-state index contributed by atoms with van der Waals surface area (Å²) >= 11 is 6.58. The summed E-state index contributed by atoms with van der Waals surface area (Å²) in [4.78, 5) is 12.1. The molecule has 0 atom stereocenters. The van der Waals surface area contributed by atoms with Crippen LogP contribution in [0.3, 0.4) is 0 Å². The quantitative estimate of drug-likeness (QED) is 0.353. The van der Waals surface area contributed by atoms with Gasteiger partial charge < -0.3 is 9.84 Å². The Morgan fingerprint density at radius 3 is 2.68 bits per heavy atom. The molecular formula is C18H18Br2N2O3. The number of nitrogens with zero attached hydrogens (tertiary/aromatic N) is 1. The molecule has 0 spiro atoms. The van der Waals surface area contributed by atoms with Crippen molar-refractivity contribution in [3.8, 4) is 5.75 Å². The third-order valence-corrected chi connectivity index (χ3v) is 4.32. The molecule has 2 aromatic rings. The predicted octanol–water partition coefficient (Wildman–Crippen LogP) is 4.61. The number of phenols is 1. The molecule has 0 saturated heterocycles. The van der Waals surface area contributed by atoms with Crippen molar-refractivity contribution in [2.45, 2.75) is 20.0 Å². The van der Waals surface area contributed by atoms with E-state index in [1.54, 1.807) is 24.3 Å². The molecule has 5 nitrogen and oxygen atoms in total. The van der Waals surface area contributed by atoms with Crippen molar-refractivity contribution in [2.75, 3.05) is 6.61 Å². The Labute approximate surface area is 163 Å². The minimum absolute atomic E-state index is 0.0534. The van der Waals surface area contributed by atoms with E-state index in [2.05, 4.69) is 49.3 Å². The van der Waals surface area contributed by atoms with Gasteiger partial charge in [-0.2, -0.15) is 5.10 Å². The van der Waals surface area contributed by atoms with Gasteiger partial charge in [-0.3, -0.25) is 4.79 Å². The van der Waals surface area contributed by atoms with E-state index in [1.165, 1.54) is 6.21 Å².